The maximum atomic E-state index is 12.9. The van der Waals surface area contributed by atoms with Crippen LogP contribution in [0, 0.1) is 12.7 Å². The Morgan fingerprint density at radius 1 is 1.17 bits per heavy atom. The van der Waals surface area contributed by atoms with E-state index in [1.807, 2.05) is 25.1 Å². The lowest BCUT2D eigenvalue weighted by Crippen LogP contribution is -2.37. The van der Waals surface area contributed by atoms with Gasteiger partial charge in [-0.15, -0.1) is 0 Å². The van der Waals surface area contributed by atoms with Gasteiger partial charge in [-0.25, -0.2) is 17.5 Å². The van der Waals surface area contributed by atoms with E-state index in [1.165, 1.54) is 24.0 Å². The molecule has 2 aromatic rings. The number of nitrogens with zero attached hydrogens (tertiary/aromatic N) is 1. The van der Waals surface area contributed by atoms with Gasteiger partial charge in [0.2, 0.25) is 15.9 Å². The minimum absolute atomic E-state index is 0.0196. The molecule has 0 aliphatic rings. The lowest BCUT2D eigenvalue weighted by Gasteiger charge is -2.21. The van der Waals surface area contributed by atoms with Crippen molar-refractivity contribution in [1.82, 2.24) is 4.72 Å². The van der Waals surface area contributed by atoms with Crippen molar-refractivity contribution in [1.29, 1.82) is 0 Å². The normalized spacial score (nSPS) is 11.3. The Morgan fingerprint density at radius 2 is 1.83 bits per heavy atom. The van der Waals surface area contributed by atoms with E-state index in [0.29, 0.717) is 5.69 Å². The zero-order valence-corrected chi connectivity index (χ0v) is 14.3. The third kappa shape index (κ3) is 4.62. The minimum Gasteiger partial charge on any atom is -0.311 e. The largest absolute Gasteiger partial charge is 0.311 e. The maximum Gasteiger partial charge on any atom is 0.240 e. The topological polar surface area (TPSA) is 66.5 Å². The standard InChI is InChI=1S/C17H19FN2O3S/c1-13-4-3-5-16(12-13)20(14(2)21)11-10-19-24(22,23)17-8-6-15(18)7-9-17/h3-9,12,19H,10-11H2,1-2H3. The number of halogens is 1. The third-order valence-corrected chi connectivity index (χ3v) is 4.92. The first-order valence-electron chi connectivity index (χ1n) is 7.39. The molecule has 5 nitrogen and oxygen atoms in total. The summed E-state index contributed by atoms with van der Waals surface area (Å²) in [5, 5.41) is 0. The number of amides is 1. The molecule has 2 aromatic carbocycles. The Labute approximate surface area is 141 Å². The number of sulfonamides is 1. The summed E-state index contributed by atoms with van der Waals surface area (Å²) in [5.74, 6) is -0.683. The van der Waals surface area contributed by atoms with Crippen molar-refractivity contribution in [3.63, 3.8) is 0 Å². The lowest BCUT2D eigenvalue weighted by molar-refractivity contribution is -0.116. The number of carbonyl (C=O) groups is 1. The number of carbonyl (C=O) groups excluding carboxylic acids is 1. The second-order valence-corrected chi connectivity index (χ2v) is 7.13. The first kappa shape index (κ1) is 18.1. The molecule has 0 aliphatic heterocycles. The molecule has 0 fully saturated rings. The van der Waals surface area contributed by atoms with E-state index >= 15 is 0 Å². The van der Waals surface area contributed by atoms with E-state index in [-0.39, 0.29) is 23.9 Å². The van der Waals surface area contributed by atoms with Gasteiger partial charge in [0.1, 0.15) is 5.82 Å². The van der Waals surface area contributed by atoms with Crippen molar-refractivity contribution in [2.24, 2.45) is 0 Å². The first-order valence-corrected chi connectivity index (χ1v) is 8.88. The van der Waals surface area contributed by atoms with Gasteiger partial charge in [0.15, 0.2) is 0 Å². The lowest BCUT2D eigenvalue weighted by atomic mass is 10.2. The van der Waals surface area contributed by atoms with E-state index in [4.69, 9.17) is 0 Å². The molecule has 0 aliphatic carbocycles. The summed E-state index contributed by atoms with van der Waals surface area (Å²) in [4.78, 5) is 13.3. The average Bonchev–Trinajstić information content (AvgIpc) is 2.51. The van der Waals surface area contributed by atoms with Gasteiger partial charge in [0.05, 0.1) is 4.90 Å². The molecule has 1 amide bonds. The van der Waals surface area contributed by atoms with Crippen LogP contribution in [0.1, 0.15) is 12.5 Å². The highest BCUT2D eigenvalue weighted by Gasteiger charge is 2.16. The average molecular weight is 350 g/mol. The van der Waals surface area contributed by atoms with Gasteiger partial charge >= 0.3 is 0 Å². The molecule has 0 bridgehead atoms. The van der Waals surface area contributed by atoms with E-state index in [2.05, 4.69) is 4.72 Å². The van der Waals surface area contributed by atoms with Crippen LogP contribution in [0.3, 0.4) is 0 Å². The van der Waals surface area contributed by atoms with Crippen molar-refractivity contribution in [3.05, 3.63) is 59.9 Å². The van der Waals surface area contributed by atoms with Crippen LogP contribution in [-0.4, -0.2) is 27.4 Å². The van der Waals surface area contributed by atoms with Crippen LogP contribution in [0.5, 0.6) is 0 Å². The van der Waals surface area contributed by atoms with Gasteiger partial charge in [-0.2, -0.15) is 0 Å². The van der Waals surface area contributed by atoms with E-state index in [1.54, 1.807) is 6.07 Å². The Hall–Kier alpha value is -2.25. The highest BCUT2D eigenvalue weighted by Crippen LogP contribution is 2.16. The molecule has 0 heterocycles. The quantitative estimate of drug-likeness (QED) is 0.870. The van der Waals surface area contributed by atoms with Crippen molar-refractivity contribution in [2.45, 2.75) is 18.7 Å². The summed E-state index contributed by atoms with van der Waals surface area (Å²) in [7, 11) is -3.74. The molecule has 24 heavy (non-hydrogen) atoms. The molecule has 0 saturated carbocycles. The Morgan fingerprint density at radius 3 is 2.42 bits per heavy atom. The second-order valence-electron chi connectivity index (χ2n) is 5.36. The molecular weight excluding hydrogens is 331 g/mol. The molecule has 0 saturated heterocycles. The van der Waals surface area contributed by atoms with Gasteiger partial charge in [-0.1, -0.05) is 12.1 Å². The fraction of sp³-hybridized carbons (Fsp3) is 0.235. The number of hydrogen-bond donors (Lipinski definition) is 1. The molecule has 128 valence electrons. The summed E-state index contributed by atoms with van der Waals surface area (Å²) in [6, 6.07) is 12.0. The fourth-order valence-corrected chi connectivity index (χ4v) is 3.27. The number of rotatable bonds is 6. The van der Waals surface area contributed by atoms with Gasteiger partial charge in [0.25, 0.3) is 0 Å². The number of nitrogens with one attached hydrogen (secondary N) is 1. The Kier molecular flexibility index (Phi) is 5.69. The summed E-state index contributed by atoms with van der Waals surface area (Å²) in [6.45, 7) is 3.59. The number of anilines is 1. The molecule has 0 unspecified atom stereocenters. The van der Waals surface area contributed by atoms with E-state index in [9.17, 15) is 17.6 Å². The van der Waals surface area contributed by atoms with Crippen LogP contribution >= 0.6 is 0 Å². The molecule has 0 spiro atoms. The van der Waals surface area contributed by atoms with Crippen LogP contribution in [0.4, 0.5) is 10.1 Å². The van der Waals surface area contributed by atoms with Gasteiger partial charge in [0, 0.05) is 25.7 Å². The van der Waals surface area contributed by atoms with Crippen LogP contribution in [0.15, 0.2) is 53.4 Å². The SMILES string of the molecule is CC(=O)N(CCNS(=O)(=O)c1ccc(F)cc1)c1cccc(C)c1. The van der Waals surface area contributed by atoms with Crippen molar-refractivity contribution in [2.75, 3.05) is 18.0 Å². The number of aryl methyl sites for hydroxylation is 1. The molecule has 0 aromatic heterocycles. The zero-order chi connectivity index (χ0) is 17.7. The molecule has 0 atom stereocenters. The molecule has 0 radical (unpaired) electrons. The minimum atomic E-state index is -3.74. The summed E-state index contributed by atoms with van der Waals surface area (Å²) in [6.07, 6.45) is 0. The van der Waals surface area contributed by atoms with Crippen LogP contribution in [0.25, 0.3) is 0 Å². The predicted molar refractivity (Wildman–Crippen MR) is 90.8 cm³/mol. The van der Waals surface area contributed by atoms with Crippen molar-refractivity contribution < 1.29 is 17.6 Å². The van der Waals surface area contributed by atoms with Crippen LogP contribution in [0.2, 0.25) is 0 Å². The number of hydrogen-bond acceptors (Lipinski definition) is 3. The van der Waals surface area contributed by atoms with E-state index in [0.717, 1.165) is 17.7 Å². The Balaban J connectivity index is 2.05. The highest BCUT2D eigenvalue weighted by atomic mass is 32.2. The van der Waals surface area contributed by atoms with E-state index < -0.39 is 15.8 Å². The molecule has 1 N–H and O–H groups in total. The smallest absolute Gasteiger partial charge is 0.240 e. The first-order chi connectivity index (χ1) is 11.3. The van der Waals surface area contributed by atoms with Crippen LogP contribution < -0.4 is 9.62 Å². The monoisotopic (exact) mass is 350 g/mol. The number of benzene rings is 2. The molecule has 2 rings (SSSR count). The summed E-state index contributed by atoms with van der Waals surface area (Å²) >= 11 is 0. The van der Waals surface area contributed by atoms with Gasteiger partial charge in [-0.3, -0.25) is 4.79 Å². The predicted octanol–water partition coefficient (Wildman–Crippen LogP) is 2.47. The summed E-state index contributed by atoms with van der Waals surface area (Å²) in [5.41, 5.74) is 1.72. The summed E-state index contributed by atoms with van der Waals surface area (Å²) < 4.78 is 39.6. The van der Waals surface area contributed by atoms with Crippen molar-refractivity contribution in [3.8, 4) is 0 Å². The second kappa shape index (κ2) is 7.55. The Bertz CT molecular complexity index is 820. The fourth-order valence-electron chi connectivity index (χ4n) is 2.25. The van der Waals surface area contributed by atoms with Crippen LogP contribution in [-0.2, 0) is 14.8 Å². The highest BCUT2D eigenvalue weighted by molar-refractivity contribution is 7.89. The van der Waals surface area contributed by atoms with Gasteiger partial charge < -0.3 is 4.90 Å². The van der Waals surface area contributed by atoms with Crippen molar-refractivity contribution >= 4 is 21.6 Å². The molecule has 7 heteroatoms. The molecular formula is C17H19FN2O3S. The third-order valence-electron chi connectivity index (χ3n) is 3.44. The maximum absolute atomic E-state index is 12.9. The van der Waals surface area contributed by atoms with Gasteiger partial charge in [-0.05, 0) is 48.9 Å². The zero-order valence-electron chi connectivity index (χ0n) is 13.5.